The molecule has 1 aromatic rings. The third kappa shape index (κ3) is 1.89. The Balaban J connectivity index is 3.27. The topological polar surface area (TPSA) is 44.1 Å². The fourth-order valence-corrected chi connectivity index (χ4v) is 1.09. The number of allylic oxidation sites excluding steroid dienone is 1. The minimum absolute atomic E-state index is 0.0611. The van der Waals surface area contributed by atoms with Gasteiger partial charge in [-0.2, -0.15) is 0 Å². The van der Waals surface area contributed by atoms with Crippen LogP contribution in [-0.2, 0) is 6.54 Å². The van der Waals surface area contributed by atoms with Crippen LogP contribution in [0.4, 0.5) is 0 Å². The molecular formula is C8H9ClN2O2. The minimum Gasteiger partial charge on any atom is -0.489 e. The van der Waals surface area contributed by atoms with E-state index in [1.54, 1.807) is 6.08 Å². The maximum atomic E-state index is 11.5. The Labute approximate surface area is 80.4 Å². The molecular weight excluding hydrogens is 192 g/mol. The molecule has 0 saturated heterocycles. The second-order valence-corrected chi connectivity index (χ2v) is 2.67. The molecule has 1 aromatic heterocycles. The number of rotatable bonds is 3. The molecule has 1 heterocycles. The lowest BCUT2D eigenvalue weighted by molar-refractivity contribution is 0.401. The highest BCUT2D eigenvalue weighted by atomic mass is 35.5. The number of nitrogens with zero attached hydrogens (tertiary/aromatic N) is 2. The van der Waals surface area contributed by atoms with E-state index in [1.807, 2.05) is 0 Å². The van der Waals surface area contributed by atoms with Crippen LogP contribution in [0.1, 0.15) is 0 Å². The molecule has 0 aliphatic heterocycles. The lowest BCUT2D eigenvalue weighted by atomic mass is 10.5. The molecule has 0 aliphatic rings. The molecule has 0 aliphatic carbocycles. The van der Waals surface area contributed by atoms with E-state index in [0.717, 1.165) is 0 Å². The normalized spacial score (nSPS) is 9.69. The van der Waals surface area contributed by atoms with Gasteiger partial charge in [-0.25, -0.2) is 4.98 Å². The van der Waals surface area contributed by atoms with Crippen molar-refractivity contribution >= 4 is 11.6 Å². The lowest BCUT2D eigenvalue weighted by Crippen LogP contribution is -2.21. The summed E-state index contributed by atoms with van der Waals surface area (Å²) in [6.45, 7) is 3.90. The van der Waals surface area contributed by atoms with E-state index in [1.165, 1.54) is 18.0 Å². The first-order chi connectivity index (χ1) is 6.20. The summed E-state index contributed by atoms with van der Waals surface area (Å²) in [6.07, 6.45) is 2.95. The predicted octanol–water partition coefficient (Wildman–Crippen LogP) is 1.09. The molecule has 70 valence electrons. The van der Waals surface area contributed by atoms with Crippen molar-refractivity contribution in [3.05, 3.63) is 34.5 Å². The Morgan fingerprint density at radius 3 is 3.08 bits per heavy atom. The van der Waals surface area contributed by atoms with Gasteiger partial charge < -0.3 is 4.74 Å². The van der Waals surface area contributed by atoms with Gasteiger partial charge in [-0.3, -0.25) is 9.36 Å². The molecule has 5 heteroatoms. The van der Waals surface area contributed by atoms with Gasteiger partial charge in [0.15, 0.2) is 5.15 Å². The van der Waals surface area contributed by atoms with E-state index < -0.39 is 0 Å². The van der Waals surface area contributed by atoms with Crippen LogP contribution in [0, 0.1) is 0 Å². The van der Waals surface area contributed by atoms with Gasteiger partial charge in [-0.05, 0) is 0 Å². The zero-order chi connectivity index (χ0) is 9.84. The molecule has 0 unspecified atom stereocenters. The van der Waals surface area contributed by atoms with E-state index in [-0.39, 0.29) is 16.5 Å². The van der Waals surface area contributed by atoms with Crippen LogP contribution in [0.2, 0.25) is 5.15 Å². The average Bonchev–Trinajstić information content (AvgIpc) is 2.11. The molecule has 0 radical (unpaired) electrons. The van der Waals surface area contributed by atoms with E-state index in [0.29, 0.717) is 6.54 Å². The second-order valence-electron chi connectivity index (χ2n) is 2.31. The summed E-state index contributed by atoms with van der Waals surface area (Å²) < 4.78 is 6.16. The Kier molecular flexibility index (Phi) is 3.08. The first-order valence-electron chi connectivity index (χ1n) is 3.60. The molecule has 1 rings (SSSR count). The molecule has 13 heavy (non-hydrogen) atoms. The van der Waals surface area contributed by atoms with E-state index in [2.05, 4.69) is 11.6 Å². The fraction of sp³-hybridized carbons (Fsp3) is 0.250. The van der Waals surface area contributed by atoms with Gasteiger partial charge in [0.25, 0.3) is 5.56 Å². The summed E-state index contributed by atoms with van der Waals surface area (Å²) in [5, 5.41) is 0.0767. The van der Waals surface area contributed by atoms with Gasteiger partial charge >= 0.3 is 0 Å². The molecule has 0 N–H and O–H groups in total. The van der Waals surface area contributed by atoms with Crippen LogP contribution in [0.25, 0.3) is 0 Å². The highest BCUT2D eigenvalue weighted by molar-refractivity contribution is 6.30. The Bertz CT molecular complexity index is 373. The summed E-state index contributed by atoms with van der Waals surface area (Å²) in [6, 6.07) is 0. The van der Waals surface area contributed by atoms with E-state index in [4.69, 9.17) is 16.3 Å². The molecule has 0 spiro atoms. The summed E-state index contributed by atoms with van der Waals surface area (Å²) in [5.41, 5.74) is -0.303. The third-order valence-electron chi connectivity index (χ3n) is 1.48. The molecule has 0 amide bonds. The Hall–Kier alpha value is -1.29. The maximum absolute atomic E-state index is 11.5. The lowest BCUT2D eigenvalue weighted by Gasteiger charge is -2.04. The number of ether oxygens (including phenoxy) is 1. The van der Waals surface area contributed by atoms with E-state index in [9.17, 15) is 4.79 Å². The Morgan fingerprint density at radius 1 is 1.85 bits per heavy atom. The average molecular weight is 201 g/mol. The largest absolute Gasteiger partial charge is 0.489 e. The molecule has 0 bridgehead atoms. The number of methoxy groups -OCH3 is 1. The van der Waals surface area contributed by atoms with Crippen molar-refractivity contribution in [2.45, 2.75) is 6.54 Å². The van der Waals surface area contributed by atoms with Crippen molar-refractivity contribution < 1.29 is 4.74 Å². The van der Waals surface area contributed by atoms with Crippen LogP contribution in [0.5, 0.6) is 5.75 Å². The van der Waals surface area contributed by atoms with E-state index >= 15 is 0 Å². The summed E-state index contributed by atoms with van der Waals surface area (Å²) >= 11 is 5.63. The highest BCUT2D eigenvalue weighted by Gasteiger charge is 2.08. The summed E-state index contributed by atoms with van der Waals surface area (Å²) in [5.74, 6) is 0.0611. The van der Waals surface area contributed by atoms with Gasteiger partial charge in [0.1, 0.15) is 0 Å². The zero-order valence-electron chi connectivity index (χ0n) is 7.16. The monoisotopic (exact) mass is 200 g/mol. The maximum Gasteiger partial charge on any atom is 0.297 e. The van der Waals surface area contributed by atoms with Crippen molar-refractivity contribution in [3.63, 3.8) is 0 Å². The first kappa shape index (κ1) is 9.80. The second kappa shape index (κ2) is 4.09. The summed E-state index contributed by atoms with van der Waals surface area (Å²) in [4.78, 5) is 15.3. The van der Waals surface area contributed by atoms with Gasteiger partial charge in [0, 0.05) is 6.54 Å². The Morgan fingerprint density at radius 2 is 2.54 bits per heavy atom. The standard InChI is InChI=1S/C8H9ClN2O2/c1-3-4-11-5-10-7(9)6(13-2)8(11)12/h3,5H,1,4H2,2H3. The quantitative estimate of drug-likeness (QED) is 0.542. The van der Waals surface area contributed by atoms with Crippen molar-refractivity contribution in [1.82, 2.24) is 9.55 Å². The van der Waals surface area contributed by atoms with Crippen molar-refractivity contribution in [2.75, 3.05) is 7.11 Å². The van der Waals surface area contributed by atoms with Gasteiger partial charge in [0.2, 0.25) is 5.75 Å². The van der Waals surface area contributed by atoms with Crippen LogP contribution >= 0.6 is 11.6 Å². The number of hydrogen-bond donors (Lipinski definition) is 0. The molecule has 0 saturated carbocycles. The van der Waals surface area contributed by atoms with Crippen LogP contribution < -0.4 is 10.3 Å². The van der Waals surface area contributed by atoms with Crippen molar-refractivity contribution in [2.24, 2.45) is 0 Å². The molecule has 4 nitrogen and oxygen atoms in total. The minimum atomic E-state index is -0.303. The molecule has 0 fully saturated rings. The smallest absolute Gasteiger partial charge is 0.297 e. The fourth-order valence-electron chi connectivity index (χ4n) is 0.891. The molecule has 0 atom stereocenters. The van der Waals surface area contributed by atoms with Crippen LogP contribution in [-0.4, -0.2) is 16.7 Å². The third-order valence-corrected chi connectivity index (χ3v) is 1.75. The van der Waals surface area contributed by atoms with Gasteiger partial charge in [0.05, 0.1) is 13.4 Å². The van der Waals surface area contributed by atoms with Gasteiger partial charge in [-0.15, -0.1) is 6.58 Å². The van der Waals surface area contributed by atoms with Crippen LogP contribution in [0.3, 0.4) is 0 Å². The van der Waals surface area contributed by atoms with Crippen LogP contribution in [0.15, 0.2) is 23.8 Å². The molecule has 0 aromatic carbocycles. The summed E-state index contributed by atoms with van der Waals surface area (Å²) in [7, 11) is 1.38. The van der Waals surface area contributed by atoms with Gasteiger partial charge in [-0.1, -0.05) is 17.7 Å². The number of hydrogen-bond acceptors (Lipinski definition) is 3. The van der Waals surface area contributed by atoms with Crippen molar-refractivity contribution in [3.8, 4) is 5.75 Å². The first-order valence-corrected chi connectivity index (χ1v) is 3.98. The predicted molar refractivity (Wildman–Crippen MR) is 50.3 cm³/mol. The number of aromatic nitrogens is 2. The number of halogens is 1. The zero-order valence-corrected chi connectivity index (χ0v) is 7.91. The SMILES string of the molecule is C=CCn1cnc(Cl)c(OC)c1=O. The van der Waals surface area contributed by atoms with Crippen molar-refractivity contribution in [1.29, 1.82) is 0 Å². The highest BCUT2D eigenvalue weighted by Crippen LogP contribution is 2.14.